The third kappa shape index (κ3) is 2.98. The van der Waals surface area contributed by atoms with Crippen LogP contribution < -0.4 is 10.6 Å². The van der Waals surface area contributed by atoms with E-state index in [0.717, 1.165) is 13.0 Å². The van der Waals surface area contributed by atoms with Crippen molar-refractivity contribution in [3.8, 4) is 0 Å². The zero-order chi connectivity index (χ0) is 13.0. The number of rotatable bonds is 5. The maximum absolute atomic E-state index is 11.6. The summed E-state index contributed by atoms with van der Waals surface area (Å²) in [5, 5.41) is 5.56. The van der Waals surface area contributed by atoms with E-state index in [4.69, 9.17) is 0 Å². The first-order valence-electron chi connectivity index (χ1n) is 6.41. The second-order valence-electron chi connectivity index (χ2n) is 4.58. The highest BCUT2D eigenvalue weighted by molar-refractivity contribution is 6.00. The van der Waals surface area contributed by atoms with Gasteiger partial charge in [-0.25, -0.2) is 0 Å². The van der Waals surface area contributed by atoms with E-state index in [1.54, 1.807) is 0 Å². The lowest BCUT2D eigenvalue weighted by Gasteiger charge is -2.22. The van der Waals surface area contributed by atoms with Crippen LogP contribution >= 0.6 is 0 Å². The fourth-order valence-corrected chi connectivity index (χ4v) is 2.19. The number of aromatic nitrogens is 1. The molecule has 98 valence electrons. The van der Waals surface area contributed by atoms with Crippen LogP contribution in [0.2, 0.25) is 0 Å². The quantitative estimate of drug-likeness (QED) is 0.758. The Labute approximate surface area is 107 Å². The highest BCUT2D eigenvalue weighted by Gasteiger charge is 2.25. The van der Waals surface area contributed by atoms with E-state index in [1.165, 1.54) is 5.69 Å². The van der Waals surface area contributed by atoms with Crippen molar-refractivity contribution >= 4 is 11.8 Å². The van der Waals surface area contributed by atoms with E-state index in [0.29, 0.717) is 19.4 Å². The first-order valence-corrected chi connectivity index (χ1v) is 6.41. The number of aryl methyl sites for hydroxylation is 1. The van der Waals surface area contributed by atoms with Crippen molar-refractivity contribution in [3.05, 3.63) is 24.0 Å². The Morgan fingerprint density at radius 3 is 3.06 bits per heavy atom. The maximum atomic E-state index is 11.6. The average molecular weight is 249 g/mol. The number of piperidine rings is 1. The van der Waals surface area contributed by atoms with Gasteiger partial charge in [-0.15, -0.1) is 0 Å². The molecule has 1 fully saturated rings. The molecule has 2 rings (SSSR count). The lowest BCUT2D eigenvalue weighted by molar-refractivity contribution is -0.134. The average Bonchev–Trinajstić information content (AvgIpc) is 2.76. The van der Waals surface area contributed by atoms with Crippen LogP contribution in [0.1, 0.15) is 31.9 Å². The van der Waals surface area contributed by atoms with E-state index in [1.807, 2.05) is 12.3 Å². The molecule has 1 atom stereocenters. The molecule has 0 spiro atoms. The Morgan fingerprint density at radius 2 is 2.33 bits per heavy atom. The summed E-state index contributed by atoms with van der Waals surface area (Å²) in [6.45, 7) is 3.77. The number of carbonyl (C=O) groups is 2. The molecule has 5 nitrogen and oxygen atoms in total. The lowest BCUT2D eigenvalue weighted by Crippen LogP contribution is -2.50. The summed E-state index contributed by atoms with van der Waals surface area (Å²) in [4.78, 5) is 22.6. The topological polar surface area (TPSA) is 63.1 Å². The summed E-state index contributed by atoms with van der Waals surface area (Å²) in [5.74, 6) is -0.382. The third-order valence-electron chi connectivity index (χ3n) is 3.16. The second kappa shape index (κ2) is 5.82. The zero-order valence-corrected chi connectivity index (χ0v) is 10.6. The molecule has 0 saturated carbocycles. The monoisotopic (exact) mass is 249 g/mol. The van der Waals surface area contributed by atoms with Crippen molar-refractivity contribution in [3.63, 3.8) is 0 Å². The molecule has 18 heavy (non-hydrogen) atoms. The van der Waals surface area contributed by atoms with E-state index < -0.39 is 0 Å². The molecule has 0 bridgehead atoms. The van der Waals surface area contributed by atoms with Gasteiger partial charge in [-0.05, 0) is 25.0 Å². The van der Waals surface area contributed by atoms with Crippen LogP contribution in [-0.2, 0) is 22.7 Å². The minimum atomic E-state index is -0.257. The lowest BCUT2D eigenvalue weighted by atomic mass is 10.1. The molecule has 1 aliphatic rings. The molecule has 1 unspecified atom stereocenters. The van der Waals surface area contributed by atoms with Gasteiger partial charge in [0.25, 0.3) is 0 Å². The first-order chi connectivity index (χ1) is 8.70. The molecular formula is C13H19N3O2. The van der Waals surface area contributed by atoms with Crippen molar-refractivity contribution in [2.45, 2.75) is 45.3 Å². The van der Waals surface area contributed by atoms with E-state index in [9.17, 15) is 9.59 Å². The fraction of sp³-hybridized carbons (Fsp3) is 0.538. The molecule has 0 aromatic carbocycles. The summed E-state index contributed by atoms with van der Waals surface area (Å²) in [6, 6.07) is 3.80. The van der Waals surface area contributed by atoms with E-state index in [-0.39, 0.29) is 17.9 Å². The molecule has 2 amide bonds. The largest absolute Gasteiger partial charge is 0.350 e. The van der Waals surface area contributed by atoms with Crippen LogP contribution in [0.15, 0.2) is 18.3 Å². The number of imide groups is 1. The van der Waals surface area contributed by atoms with Crippen LogP contribution in [0, 0.1) is 0 Å². The van der Waals surface area contributed by atoms with Gasteiger partial charge in [0.15, 0.2) is 0 Å². The SMILES string of the molecule is CCCn1cccc1CNC1CCC(=O)NC1=O. The zero-order valence-electron chi connectivity index (χ0n) is 10.6. The van der Waals surface area contributed by atoms with Gasteiger partial charge in [0, 0.05) is 31.4 Å². The number of amides is 2. The molecule has 2 N–H and O–H groups in total. The number of nitrogens with one attached hydrogen (secondary N) is 2. The molecular weight excluding hydrogens is 230 g/mol. The normalized spacial score (nSPS) is 19.9. The smallest absolute Gasteiger partial charge is 0.243 e. The summed E-state index contributed by atoms with van der Waals surface area (Å²) in [6.07, 6.45) is 4.13. The van der Waals surface area contributed by atoms with Gasteiger partial charge in [-0.1, -0.05) is 6.92 Å². The van der Waals surface area contributed by atoms with E-state index in [2.05, 4.69) is 28.2 Å². The van der Waals surface area contributed by atoms with Gasteiger partial charge in [-0.2, -0.15) is 0 Å². The van der Waals surface area contributed by atoms with Crippen LogP contribution in [0.4, 0.5) is 0 Å². The predicted octanol–water partition coefficient (Wildman–Crippen LogP) is 0.793. The molecule has 1 aromatic heterocycles. The summed E-state index contributed by atoms with van der Waals surface area (Å²) in [7, 11) is 0. The van der Waals surface area contributed by atoms with Crippen LogP contribution in [-0.4, -0.2) is 22.4 Å². The molecule has 2 heterocycles. The van der Waals surface area contributed by atoms with Crippen LogP contribution in [0.3, 0.4) is 0 Å². The maximum Gasteiger partial charge on any atom is 0.243 e. The number of hydrogen-bond donors (Lipinski definition) is 2. The molecule has 1 aromatic rings. The second-order valence-corrected chi connectivity index (χ2v) is 4.58. The number of carbonyl (C=O) groups excluding carboxylic acids is 2. The Balaban J connectivity index is 1.89. The van der Waals surface area contributed by atoms with Crippen molar-refractivity contribution in [1.82, 2.24) is 15.2 Å². The molecule has 5 heteroatoms. The van der Waals surface area contributed by atoms with Crippen molar-refractivity contribution in [2.24, 2.45) is 0 Å². The predicted molar refractivity (Wildman–Crippen MR) is 67.7 cm³/mol. The van der Waals surface area contributed by atoms with Gasteiger partial charge >= 0.3 is 0 Å². The highest BCUT2D eigenvalue weighted by atomic mass is 16.2. The fourth-order valence-electron chi connectivity index (χ4n) is 2.19. The third-order valence-corrected chi connectivity index (χ3v) is 3.16. The molecule has 0 aliphatic carbocycles. The minimum Gasteiger partial charge on any atom is -0.350 e. The Kier molecular flexibility index (Phi) is 4.15. The number of hydrogen-bond acceptors (Lipinski definition) is 3. The molecule has 0 radical (unpaired) electrons. The Morgan fingerprint density at radius 1 is 1.50 bits per heavy atom. The highest BCUT2D eigenvalue weighted by Crippen LogP contribution is 2.07. The van der Waals surface area contributed by atoms with Crippen molar-refractivity contribution in [1.29, 1.82) is 0 Å². The number of nitrogens with zero attached hydrogens (tertiary/aromatic N) is 1. The van der Waals surface area contributed by atoms with Gasteiger partial charge in [0.05, 0.1) is 6.04 Å². The molecule has 1 aliphatic heterocycles. The summed E-state index contributed by atoms with van der Waals surface area (Å²) >= 11 is 0. The van der Waals surface area contributed by atoms with Crippen molar-refractivity contribution < 1.29 is 9.59 Å². The van der Waals surface area contributed by atoms with Gasteiger partial charge in [0.1, 0.15) is 0 Å². The standard InChI is InChI=1S/C13H19N3O2/c1-2-7-16-8-3-4-10(16)9-14-11-5-6-12(17)15-13(11)18/h3-4,8,11,14H,2,5-7,9H2,1H3,(H,15,17,18). The van der Waals surface area contributed by atoms with Crippen molar-refractivity contribution in [2.75, 3.05) is 0 Å². The Hall–Kier alpha value is -1.62. The summed E-state index contributed by atoms with van der Waals surface area (Å²) < 4.78 is 2.18. The van der Waals surface area contributed by atoms with Gasteiger partial charge in [0.2, 0.25) is 11.8 Å². The molecule has 1 saturated heterocycles. The summed E-state index contributed by atoms with van der Waals surface area (Å²) in [5.41, 5.74) is 1.17. The Bertz CT molecular complexity index is 439. The first kappa shape index (κ1) is 12.8. The van der Waals surface area contributed by atoms with E-state index >= 15 is 0 Å². The van der Waals surface area contributed by atoms with Crippen LogP contribution in [0.5, 0.6) is 0 Å². The van der Waals surface area contributed by atoms with Gasteiger partial charge < -0.3 is 9.88 Å². The van der Waals surface area contributed by atoms with Gasteiger partial charge in [-0.3, -0.25) is 14.9 Å². The van der Waals surface area contributed by atoms with Crippen LogP contribution in [0.25, 0.3) is 0 Å². The minimum absolute atomic E-state index is 0.174.